The Bertz CT molecular complexity index is 1270. The number of phenols is 1. The lowest BCUT2D eigenvalue weighted by atomic mass is 9.89. The molecule has 0 saturated heterocycles. The smallest absolute Gasteiger partial charge is 0.169 e. The third-order valence-electron chi connectivity index (χ3n) is 7.51. The molecule has 0 unspecified atom stereocenters. The molecule has 2 aromatic carbocycles. The molecule has 1 aromatic heterocycles. The number of nitrogens with zero attached hydrogens (tertiary/aromatic N) is 2. The van der Waals surface area contributed by atoms with E-state index >= 15 is 4.39 Å². The molecule has 3 aromatic rings. The molecule has 35 heavy (non-hydrogen) atoms. The van der Waals surface area contributed by atoms with Crippen LogP contribution in [0.25, 0.3) is 22.0 Å². The number of aromatic hydroxyl groups is 1. The summed E-state index contributed by atoms with van der Waals surface area (Å²) in [7, 11) is 4.20. The first kappa shape index (κ1) is 23.7. The fraction of sp³-hybridized carbons (Fsp3) is 0.429. The number of phenolic OH excluding ortho intramolecular Hbond substituents is 1. The summed E-state index contributed by atoms with van der Waals surface area (Å²) < 4.78 is 29.4. The number of aryl methyl sites for hydroxylation is 1. The van der Waals surface area contributed by atoms with Gasteiger partial charge >= 0.3 is 0 Å². The van der Waals surface area contributed by atoms with Crippen LogP contribution in [0.5, 0.6) is 5.75 Å². The SMILES string of the molecule is Cc1cc(-c2cc3c(NC4CCC(N(C)C)CC4)c(C(=O)C4CC4)cnc3cc2F)cc(F)c1O. The molecule has 184 valence electrons. The maximum atomic E-state index is 15.2. The Labute approximate surface area is 204 Å². The molecule has 2 N–H and O–H groups in total. The number of aromatic nitrogens is 1. The van der Waals surface area contributed by atoms with Gasteiger partial charge in [0.25, 0.3) is 0 Å². The van der Waals surface area contributed by atoms with E-state index in [1.54, 1.807) is 25.3 Å². The van der Waals surface area contributed by atoms with Crippen LogP contribution in [-0.4, -0.2) is 47.0 Å². The van der Waals surface area contributed by atoms with Crippen molar-refractivity contribution in [3.05, 3.63) is 53.2 Å². The van der Waals surface area contributed by atoms with Crippen molar-refractivity contribution in [2.24, 2.45) is 5.92 Å². The maximum Gasteiger partial charge on any atom is 0.169 e. The molecule has 0 aliphatic heterocycles. The topological polar surface area (TPSA) is 65.5 Å². The average Bonchev–Trinajstić information content (AvgIpc) is 3.67. The van der Waals surface area contributed by atoms with Gasteiger partial charge in [0.2, 0.25) is 0 Å². The predicted molar refractivity (Wildman–Crippen MR) is 134 cm³/mol. The fourth-order valence-electron chi connectivity index (χ4n) is 5.18. The van der Waals surface area contributed by atoms with Crippen LogP contribution in [0.4, 0.5) is 14.5 Å². The van der Waals surface area contributed by atoms with Gasteiger partial charge in [-0.15, -0.1) is 0 Å². The lowest BCUT2D eigenvalue weighted by Crippen LogP contribution is -2.36. The number of hydrogen-bond donors (Lipinski definition) is 2. The summed E-state index contributed by atoms with van der Waals surface area (Å²) in [5, 5.41) is 14.1. The molecule has 2 aliphatic carbocycles. The number of hydrogen-bond acceptors (Lipinski definition) is 5. The molecule has 0 amide bonds. The van der Waals surface area contributed by atoms with Crippen molar-refractivity contribution < 1.29 is 18.7 Å². The third kappa shape index (κ3) is 4.61. The summed E-state index contributed by atoms with van der Waals surface area (Å²) >= 11 is 0. The summed E-state index contributed by atoms with van der Waals surface area (Å²) in [6.45, 7) is 1.58. The molecule has 0 bridgehead atoms. The number of Topliss-reactive ketones (excluding diaryl/α,β-unsaturated/α-hetero) is 1. The molecule has 2 saturated carbocycles. The minimum absolute atomic E-state index is 0.0213. The summed E-state index contributed by atoms with van der Waals surface area (Å²) in [6, 6.07) is 6.43. The van der Waals surface area contributed by atoms with E-state index in [4.69, 9.17) is 0 Å². The molecule has 7 heteroatoms. The van der Waals surface area contributed by atoms with Crippen LogP contribution >= 0.6 is 0 Å². The monoisotopic (exact) mass is 479 g/mol. The van der Waals surface area contributed by atoms with Gasteiger partial charge in [-0.3, -0.25) is 9.78 Å². The standard InChI is InChI=1S/C28H31F2N3O2/c1-15-10-17(11-24(30)27(15)34)20-12-21-25(13-23(20)29)31-14-22(28(35)16-4-5-16)26(21)32-18-6-8-19(9-7-18)33(2)3/h10-14,16,18-19,34H,4-9H2,1-3H3,(H,31,32). The van der Waals surface area contributed by atoms with Crippen LogP contribution in [0.1, 0.15) is 54.4 Å². The fourth-order valence-corrected chi connectivity index (χ4v) is 5.18. The highest BCUT2D eigenvalue weighted by Crippen LogP contribution is 2.40. The van der Waals surface area contributed by atoms with Crippen molar-refractivity contribution in [2.45, 2.75) is 57.5 Å². The first-order valence-electron chi connectivity index (χ1n) is 12.3. The van der Waals surface area contributed by atoms with Gasteiger partial charge in [0.05, 0.1) is 16.8 Å². The Morgan fingerprint density at radius 3 is 2.37 bits per heavy atom. The van der Waals surface area contributed by atoms with Gasteiger partial charge in [0, 0.05) is 41.2 Å². The van der Waals surface area contributed by atoms with Gasteiger partial charge in [-0.05, 0) is 88.9 Å². The van der Waals surface area contributed by atoms with Gasteiger partial charge in [-0.2, -0.15) is 0 Å². The number of nitrogens with one attached hydrogen (secondary N) is 1. The van der Waals surface area contributed by atoms with E-state index < -0.39 is 17.4 Å². The lowest BCUT2D eigenvalue weighted by Gasteiger charge is -2.34. The highest BCUT2D eigenvalue weighted by Gasteiger charge is 2.33. The first-order valence-corrected chi connectivity index (χ1v) is 12.3. The van der Waals surface area contributed by atoms with E-state index in [9.17, 15) is 14.3 Å². The van der Waals surface area contributed by atoms with Crippen molar-refractivity contribution in [1.82, 2.24) is 9.88 Å². The number of anilines is 1. The maximum absolute atomic E-state index is 15.2. The Balaban J connectivity index is 1.60. The second-order valence-electron chi connectivity index (χ2n) is 10.3. The van der Waals surface area contributed by atoms with Crippen LogP contribution < -0.4 is 5.32 Å². The number of carbonyl (C=O) groups is 1. The van der Waals surface area contributed by atoms with E-state index in [1.807, 2.05) is 0 Å². The van der Waals surface area contributed by atoms with E-state index in [0.29, 0.717) is 39.3 Å². The van der Waals surface area contributed by atoms with E-state index in [-0.39, 0.29) is 23.3 Å². The number of halogens is 2. The Hall–Kier alpha value is -3.06. The number of benzene rings is 2. The van der Waals surface area contributed by atoms with Crippen molar-refractivity contribution >= 4 is 22.4 Å². The molecule has 5 nitrogen and oxygen atoms in total. The normalized spacial score (nSPS) is 20.4. The van der Waals surface area contributed by atoms with Crippen LogP contribution in [-0.2, 0) is 0 Å². The number of fused-ring (bicyclic) bond motifs is 1. The highest BCUT2D eigenvalue weighted by molar-refractivity contribution is 6.10. The quantitative estimate of drug-likeness (QED) is 0.420. The molecular formula is C28H31F2N3O2. The van der Waals surface area contributed by atoms with E-state index in [1.165, 1.54) is 6.07 Å². The molecule has 5 rings (SSSR count). The van der Waals surface area contributed by atoms with Crippen molar-refractivity contribution in [3.63, 3.8) is 0 Å². The Morgan fingerprint density at radius 1 is 1.03 bits per heavy atom. The van der Waals surface area contributed by atoms with Crippen LogP contribution in [0, 0.1) is 24.5 Å². The second-order valence-corrected chi connectivity index (χ2v) is 10.3. The lowest BCUT2D eigenvalue weighted by molar-refractivity contribution is 0.0968. The highest BCUT2D eigenvalue weighted by atomic mass is 19.1. The Morgan fingerprint density at radius 2 is 1.74 bits per heavy atom. The minimum Gasteiger partial charge on any atom is -0.505 e. The first-order chi connectivity index (χ1) is 16.7. The van der Waals surface area contributed by atoms with Crippen molar-refractivity contribution in [3.8, 4) is 16.9 Å². The van der Waals surface area contributed by atoms with Gasteiger partial charge in [0.1, 0.15) is 5.82 Å². The second kappa shape index (κ2) is 9.19. The zero-order valence-electron chi connectivity index (χ0n) is 20.4. The molecule has 0 atom stereocenters. The predicted octanol–water partition coefficient (Wildman–Crippen LogP) is 6.07. The van der Waals surface area contributed by atoms with Gasteiger partial charge in [-0.25, -0.2) is 8.78 Å². The molecular weight excluding hydrogens is 448 g/mol. The van der Waals surface area contributed by atoms with Crippen LogP contribution in [0.3, 0.4) is 0 Å². The third-order valence-corrected chi connectivity index (χ3v) is 7.51. The van der Waals surface area contributed by atoms with Gasteiger partial charge in [0.15, 0.2) is 17.3 Å². The summed E-state index contributed by atoms with van der Waals surface area (Å²) in [4.78, 5) is 19.8. The number of ketones is 1. The zero-order chi connectivity index (χ0) is 24.9. The number of carbonyl (C=O) groups excluding carboxylic acids is 1. The minimum atomic E-state index is -0.800. The summed E-state index contributed by atoms with van der Waals surface area (Å²) in [5.41, 5.74) is 2.54. The molecule has 1 heterocycles. The molecule has 0 spiro atoms. The van der Waals surface area contributed by atoms with E-state index in [2.05, 4.69) is 29.3 Å². The van der Waals surface area contributed by atoms with E-state index in [0.717, 1.165) is 44.6 Å². The number of rotatable bonds is 6. The summed E-state index contributed by atoms with van der Waals surface area (Å²) in [6.07, 6.45) is 7.40. The average molecular weight is 480 g/mol. The molecule has 2 aliphatic rings. The van der Waals surface area contributed by atoms with Gasteiger partial charge in [-0.1, -0.05) is 0 Å². The summed E-state index contributed by atoms with van der Waals surface area (Å²) in [5.74, 6) is -1.68. The van der Waals surface area contributed by atoms with Crippen molar-refractivity contribution in [1.29, 1.82) is 0 Å². The Kier molecular flexibility index (Phi) is 6.21. The molecule has 2 fully saturated rings. The zero-order valence-corrected chi connectivity index (χ0v) is 20.4. The largest absolute Gasteiger partial charge is 0.505 e. The number of pyridine rings is 1. The van der Waals surface area contributed by atoms with Crippen LogP contribution in [0.2, 0.25) is 0 Å². The van der Waals surface area contributed by atoms with Gasteiger partial charge < -0.3 is 15.3 Å². The van der Waals surface area contributed by atoms with Crippen molar-refractivity contribution in [2.75, 3.05) is 19.4 Å². The molecule has 0 radical (unpaired) electrons. The van der Waals surface area contributed by atoms with Crippen LogP contribution in [0.15, 0.2) is 30.5 Å².